The highest BCUT2D eigenvalue weighted by atomic mass is 16.3. The molecule has 7 nitrogen and oxygen atoms in total. The molecule has 1 saturated heterocycles. The minimum Gasteiger partial charge on any atom is -0.390 e. The van der Waals surface area contributed by atoms with Gasteiger partial charge >= 0.3 is 0 Å². The van der Waals surface area contributed by atoms with Crippen molar-refractivity contribution in [2.24, 2.45) is 0 Å². The number of nitriles is 1. The van der Waals surface area contributed by atoms with Gasteiger partial charge in [-0.2, -0.15) is 5.26 Å². The summed E-state index contributed by atoms with van der Waals surface area (Å²) < 4.78 is 4.41. The second-order valence-corrected chi connectivity index (χ2v) is 9.37. The predicted octanol–water partition coefficient (Wildman–Crippen LogP) is 3.35. The van der Waals surface area contributed by atoms with Crippen LogP contribution in [0.3, 0.4) is 0 Å². The van der Waals surface area contributed by atoms with E-state index in [0.29, 0.717) is 12.1 Å². The van der Waals surface area contributed by atoms with E-state index in [1.54, 1.807) is 0 Å². The number of aliphatic hydroxyl groups is 1. The fourth-order valence-electron chi connectivity index (χ4n) is 5.21. The maximum atomic E-state index is 10.5. The zero-order valence-electron chi connectivity index (χ0n) is 19.3. The van der Waals surface area contributed by atoms with Crippen LogP contribution in [0.25, 0.3) is 28.3 Å². The molecule has 4 heterocycles. The summed E-state index contributed by atoms with van der Waals surface area (Å²) in [6, 6.07) is 18.7. The average Bonchev–Trinajstić information content (AvgIpc) is 3.56. The third-order valence-corrected chi connectivity index (χ3v) is 7.06. The van der Waals surface area contributed by atoms with Crippen LogP contribution in [-0.2, 0) is 6.54 Å². The predicted molar refractivity (Wildman–Crippen MR) is 132 cm³/mol. The third kappa shape index (κ3) is 3.31. The van der Waals surface area contributed by atoms with Crippen LogP contribution >= 0.6 is 0 Å². The molecule has 170 valence electrons. The number of rotatable bonds is 3. The topological polar surface area (TPSA) is 73.2 Å². The van der Waals surface area contributed by atoms with Crippen LogP contribution in [-0.4, -0.2) is 63.5 Å². The summed E-state index contributed by atoms with van der Waals surface area (Å²) in [6.07, 6.45) is 5.66. The van der Waals surface area contributed by atoms with Crippen molar-refractivity contribution in [1.82, 2.24) is 19.0 Å². The number of hydrogen-bond acceptors (Lipinski definition) is 5. The fourth-order valence-corrected chi connectivity index (χ4v) is 5.21. The van der Waals surface area contributed by atoms with E-state index in [1.165, 1.54) is 5.56 Å². The van der Waals surface area contributed by atoms with Crippen molar-refractivity contribution in [3.05, 3.63) is 78.2 Å². The first-order valence-electron chi connectivity index (χ1n) is 11.5. The standard InChI is InChI=1S/C27H26N6O/c1-30(2)25-16-31(17-26(25)34)22-7-8-23-21(11-22)15-32-14-20(19-5-3-18(13-28)4-6-19)12-24(32)27-29-9-10-33(23)27/h3-12,14,25-26,34H,15-17H2,1-2H3/t25-,26?/m0/s1. The number of anilines is 1. The van der Waals surface area contributed by atoms with E-state index in [1.807, 2.05) is 50.8 Å². The van der Waals surface area contributed by atoms with Gasteiger partial charge in [-0.3, -0.25) is 4.57 Å². The Morgan fingerprint density at radius 3 is 2.62 bits per heavy atom. The van der Waals surface area contributed by atoms with Gasteiger partial charge in [0.1, 0.15) is 0 Å². The van der Waals surface area contributed by atoms with Gasteiger partial charge in [0.25, 0.3) is 0 Å². The van der Waals surface area contributed by atoms with E-state index in [9.17, 15) is 5.11 Å². The maximum Gasteiger partial charge on any atom is 0.161 e. The lowest BCUT2D eigenvalue weighted by Gasteiger charge is -2.23. The number of hydrogen-bond donors (Lipinski definition) is 1. The van der Waals surface area contributed by atoms with E-state index in [0.717, 1.165) is 47.1 Å². The zero-order valence-corrected chi connectivity index (χ0v) is 19.3. The molecule has 0 radical (unpaired) electrons. The van der Waals surface area contributed by atoms with Crippen LogP contribution in [0.15, 0.2) is 67.1 Å². The Morgan fingerprint density at radius 1 is 1.06 bits per heavy atom. The van der Waals surface area contributed by atoms with Gasteiger partial charge in [-0.1, -0.05) is 12.1 Å². The van der Waals surface area contributed by atoms with Crippen LogP contribution in [0.1, 0.15) is 11.1 Å². The van der Waals surface area contributed by atoms with Gasteiger partial charge in [0.2, 0.25) is 0 Å². The molecule has 0 spiro atoms. The van der Waals surface area contributed by atoms with Crippen molar-refractivity contribution in [2.45, 2.75) is 18.7 Å². The van der Waals surface area contributed by atoms with Crippen molar-refractivity contribution in [1.29, 1.82) is 5.26 Å². The first-order valence-corrected chi connectivity index (χ1v) is 11.5. The first kappa shape index (κ1) is 20.7. The number of imidazole rings is 1. The summed E-state index contributed by atoms with van der Waals surface area (Å²) in [7, 11) is 4.04. The molecule has 2 aromatic heterocycles. The second kappa shape index (κ2) is 7.87. The Kier molecular flexibility index (Phi) is 4.80. The highest BCUT2D eigenvalue weighted by Gasteiger charge is 2.33. The summed E-state index contributed by atoms with van der Waals surface area (Å²) in [6.45, 7) is 2.17. The van der Waals surface area contributed by atoms with Crippen molar-refractivity contribution in [2.75, 3.05) is 32.1 Å². The van der Waals surface area contributed by atoms with E-state index < -0.39 is 0 Å². The van der Waals surface area contributed by atoms with Crippen LogP contribution in [0.4, 0.5) is 5.69 Å². The minimum atomic E-state index is -0.361. The normalized spacial score (nSPS) is 18.9. The Balaban J connectivity index is 1.40. The molecule has 2 aliphatic rings. The Hall–Kier alpha value is -3.86. The van der Waals surface area contributed by atoms with Gasteiger partial charge in [-0.05, 0) is 61.6 Å². The molecule has 7 heteroatoms. The van der Waals surface area contributed by atoms with Crippen LogP contribution in [0.5, 0.6) is 0 Å². The van der Waals surface area contributed by atoms with E-state index >= 15 is 0 Å². The van der Waals surface area contributed by atoms with E-state index in [-0.39, 0.29) is 12.1 Å². The molecule has 0 bridgehead atoms. The molecular formula is C27H26N6O. The second-order valence-electron chi connectivity index (χ2n) is 9.37. The Morgan fingerprint density at radius 2 is 1.88 bits per heavy atom. The lowest BCUT2D eigenvalue weighted by molar-refractivity contribution is 0.114. The molecule has 2 aliphatic heterocycles. The third-order valence-electron chi connectivity index (χ3n) is 7.06. The van der Waals surface area contributed by atoms with E-state index in [2.05, 4.69) is 60.4 Å². The van der Waals surface area contributed by atoms with Gasteiger partial charge in [0.15, 0.2) is 5.82 Å². The van der Waals surface area contributed by atoms with Crippen molar-refractivity contribution < 1.29 is 5.11 Å². The quantitative estimate of drug-likeness (QED) is 0.456. The molecule has 1 N–H and O–H groups in total. The summed E-state index contributed by atoms with van der Waals surface area (Å²) >= 11 is 0. The fraction of sp³-hybridized carbons (Fsp3) is 0.259. The van der Waals surface area contributed by atoms with Gasteiger partial charge in [-0.25, -0.2) is 4.98 Å². The molecule has 2 atom stereocenters. The average molecular weight is 451 g/mol. The molecule has 0 aliphatic carbocycles. The summed E-state index contributed by atoms with van der Waals surface area (Å²) in [5, 5.41) is 19.6. The number of benzene rings is 2. The molecule has 1 fully saturated rings. The number of aromatic nitrogens is 3. The SMILES string of the molecule is CN(C)[C@H]1CN(c2ccc3c(c2)Cn2cc(-c4ccc(C#N)cc4)cc2-c2nccn2-3)CC1O. The summed E-state index contributed by atoms with van der Waals surface area (Å²) in [5.41, 5.74) is 7.37. The maximum absolute atomic E-state index is 10.5. The molecule has 0 amide bonds. The van der Waals surface area contributed by atoms with Gasteiger partial charge in [0.05, 0.1) is 35.2 Å². The van der Waals surface area contributed by atoms with Gasteiger partial charge < -0.3 is 19.5 Å². The molecule has 6 rings (SSSR count). The van der Waals surface area contributed by atoms with Crippen LogP contribution in [0, 0.1) is 11.3 Å². The van der Waals surface area contributed by atoms with Gasteiger partial charge in [-0.15, -0.1) is 0 Å². The Labute approximate surface area is 198 Å². The Bertz CT molecular complexity index is 1410. The lowest BCUT2D eigenvalue weighted by Crippen LogP contribution is -2.38. The molecule has 2 aromatic carbocycles. The molecule has 4 aromatic rings. The van der Waals surface area contributed by atoms with Gasteiger partial charge in [0, 0.05) is 49.5 Å². The summed E-state index contributed by atoms with van der Waals surface area (Å²) in [4.78, 5) is 9.05. The smallest absolute Gasteiger partial charge is 0.161 e. The number of nitrogens with zero attached hydrogens (tertiary/aromatic N) is 6. The van der Waals surface area contributed by atoms with Crippen molar-refractivity contribution in [3.63, 3.8) is 0 Å². The lowest BCUT2D eigenvalue weighted by atomic mass is 10.1. The number of aliphatic hydroxyl groups excluding tert-OH is 1. The van der Waals surface area contributed by atoms with Crippen LogP contribution in [0.2, 0.25) is 0 Å². The minimum absolute atomic E-state index is 0.130. The van der Waals surface area contributed by atoms with Crippen molar-refractivity contribution in [3.8, 4) is 34.4 Å². The monoisotopic (exact) mass is 450 g/mol. The molecular weight excluding hydrogens is 424 g/mol. The van der Waals surface area contributed by atoms with Crippen LogP contribution < -0.4 is 4.90 Å². The first-order chi connectivity index (χ1) is 16.5. The zero-order chi connectivity index (χ0) is 23.4. The largest absolute Gasteiger partial charge is 0.390 e. The molecule has 0 saturated carbocycles. The highest BCUT2D eigenvalue weighted by Crippen LogP contribution is 2.36. The molecule has 1 unspecified atom stereocenters. The highest BCUT2D eigenvalue weighted by molar-refractivity contribution is 5.72. The number of β-amino-alcohol motifs (C(OH)–C–C–N with tert-alkyl or cyclic N) is 1. The number of fused-ring (bicyclic) bond motifs is 5. The summed E-state index contributed by atoms with van der Waals surface area (Å²) in [5.74, 6) is 0.913. The van der Waals surface area contributed by atoms with Crippen molar-refractivity contribution >= 4 is 5.69 Å². The number of likely N-dealkylation sites (N-methyl/N-ethyl adjacent to an activating group) is 1. The van der Waals surface area contributed by atoms with E-state index in [4.69, 9.17) is 5.26 Å². The molecule has 34 heavy (non-hydrogen) atoms.